The number of hydrogen-bond donors (Lipinski definition) is 0. The zero-order chi connectivity index (χ0) is 10.2. The Morgan fingerprint density at radius 2 is 1.64 bits per heavy atom. The average Bonchev–Trinajstić information content (AvgIpc) is 2.41. The van der Waals surface area contributed by atoms with Gasteiger partial charge < -0.3 is 0 Å². The van der Waals surface area contributed by atoms with E-state index in [0.29, 0.717) is 5.41 Å². The number of hydrogen-bond acceptors (Lipinski definition) is 0. The van der Waals surface area contributed by atoms with E-state index in [2.05, 4.69) is 51.1 Å². The van der Waals surface area contributed by atoms with Crippen LogP contribution in [-0.2, 0) is 0 Å². The molecule has 0 amide bonds. The molecule has 0 heterocycles. The minimum Gasteiger partial charge on any atom is -0.0690 e. The van der Waals surface area contributed by atoms with Gasteiger partial charge in [0, 0.05) is 0 Å². The summed E-state index contributed by atoms with van der Waals surface area (Å²) in [7, 11) is 0. The van der Waals surface area contributed by atoms with Crippen molar-refractivity contribution in [3.63, 3.8) is 0 Å². The molecule has 0 fully saturated rings. The fraction of sp³-hybridized carbons (Fsp3) is 0.429. The summed E-state index contributed by atoms with van der Waals surface area (Å²) in [5, 5.41) is 0. The van der Waals surface area contributed by atoms with Gasteiger partial charge in [-0.2, -0.15) is 0 Å². The van der Waals surface area contributed by atoms with Gasteiger partial charge in [-0.15, -0.1) is 0 Å². The highest BCUT2D eigenvalue weighted by molar-refractivity contribution is 5.71. The van der Waals surface area contributed by atoms with E-state index in [1.807, 2.05) is 0 Å². The van der Waals surface area contributed by atoms with Gasteiger partial charge in [0.05, 0.1) is 0 Å². The van der Waals surface area contributed by atoms with Gasteiger partial charge in [0.15, 0.2) is 0 Å². The molecule has 0 unspecified atom stereocenters. The maximum Gasteiger partial charge on any atom is -0.0219 e. The van der Waals surface area contributed by atoms with Crippen molar-refractivity contribution in [1.82, 2.24) is 0 Å². The molecule has 0 saturated heterocycles. The first-order valence-electron chi connectivity index (χ1n) is 5.32. The highest BCUT2D eigenvalue weighted by Gasteiger charge is 2.28. The van der Waals surface area contributed by atoms with Crippen molar-refractivity contribution < 1.29 is 0 Å². The Morgan fingerprint density at radius 1 is 1.00 bits per heavy atom. The first kappa shape index (κ1) is 9.51. The normalized spacial score (nSPS) is 20.2. The highest BCUT2D eigenvalue weighted by Crippen LogP contribution is 2.45. The summed E-state index contributed by atoms with van der Waals surface area (Å²) in [5.74, 6) is 0. The van der Waals surface area contributed by atoms with Crippen LogP contribution in [0.2, 0.25) is 0 Å². The molecule has 1 aliphatic rings. The van der Waals surface area contributed by atoms with Crippen molar-refractivity contribution in [2.24, 2.45) is 5.41 Å². The Labute approximate surface area is 86.7 Å². The minimum atomic E-state index is 0.468. The van der Waals surface area contributed by atoms with Gasteiger partial charge in [0.1, 0.15) is 0 Å². The van der Waals surface area contributed by atoms with Crippen LogP contribution in [0.4, 0.5) is 0 Å². The summed E-state index contributed by atoms with van der Waals surface area (Å²) < 4.78 is 0. The fourth-order valence-corrected chi connectivity index (χ4v) is 2.50. The van der Waals surface area contributed by atoms with Gasteiger partial charge in [0.25, 0.3) is 0 Å². The van der Waals surface area contributed by atoms with E-state index in [1.165, 1.54) is 18.4 Å². The lowest BCUT2D eigenvalue weighted by Gasteiger charge is -2.17. The molecule has 0 saturated carbocycles. The van der Waals surface area contributed by atoms with Crippen LogP contribution < -0.4 is 0 Å². The largest absolute Gasteiger partial charge is 0.0690 e. The van der Waals surface area contributed by atoms with Crippen molar-refractivity contribution >= 4 is 5.57 Å². The Bertz CT molecular complexity index is 355. The molecule has 0 atom stereocenters. The third-order valence-electron chi connectivity index (χ3n) is 3.04. The molecule has 0 aliphatic heterocycles. The van der Waals surface area contributed by atoms with Gasteiger partial charge in [-0.1, -0.05) is 49.8 Å². The van der Waals surface area contributed by atoms with E-state index in [9.17, 15) is 0 Å². The third-order valence-corrected chi connectivity index (χ3v) is 3.04. The maximum absolute atomic E-state index is 2.35. The van der Waals surface area contributed by atoms with Crippen molar-refractivity contribution in [3.8, 4) is 0 Å². The molecule has 0 spiro atoms. The molecule has 0 N–H and O–H groups in total. The first-order chi connectivity index (χ1) is 6.58. The third kappa shape index (κ3) is 1.75. The van der Waals surface area contributed by atoms with Crippen LogP contribution in [0.15, 0.2) is 35.9 Å². The van der Waals surface area contributed by atoms with Crippen LogP contribution in [0.3, 0.4) is 0 Å². The van der Waals surface area contributed by atoms with E-state index in [1.54, 1.807) is 11.1 Å². The van der Waals surface area contributed by atoms with E-state index in [0.717, 1.165) is 0 Å². The molecule has 74 valence electrons. The second kappa shape index (κ2) is 3.27. The topological polar surface area (TPSA) is 0 Å². The van der Waals surface area contributed by atoms with E-state index in [4.69, 9.17) is 0 Å². The van der Waals surface area contributed by atoms with Crippen LogP contribution in [0.1, 0.15) is 39.2 Å². The van der Waals surface area contributed by atoms with Crippen LogP contribution in [-0.4, -0.2) is 0 Å². The van der Waals surface area contributed by atoms with Crippen molar-refractivity contribution in [2.45, 2.75) is 33.6 Å². The molecular weight excluding hydrogens is 168 g/mol. The smallest absolute Gasteiger partial charge is 0.0219 e. The molecule has 1 aromatic rings. The second-order valence-corrected chi connectivity index (χ2v) is 5.14. The minimum absolute atomic E-state index is 0.468. The maximum atomic E-state index is 2.35. The second-order valence-electron chi connectivity index (χ2n) is 5.14. The Kier molecular flexibility index (Phi) is 2.22. The van der Waals surface area contributed by atoms with E-state index >= 15 is 0 Å². The summed E-state index contributed by atoms with van der Waals surface area (Å²) in [6, 6.07) is 10.8. The predicted molar refractivity (Wildman–Crippen MR) is 62.1 cm³/mol. The molecule has 0 aromatic heterocycles. The van der Waals surface area contributed by atoms with Crippen molar-refractivity contribution in [2.75, 3.05) is 0 Å². The Balaban J connectivity index is 2.33. The van der Waals surface area contributed by atoms with Crippen LogP contribution >= 0.6 is 0 Å². The van der Waals surface area contributed by atoms with Gasteiger partial charge >= 0.3 is 0 Å². The van der Waals surface area contributed by atoms with Gasteiger partial charge in [-0.25, -0.2) is 0 Å². The lowest BCUT2D eigenvalue weighted by molar-refractivity contribution is 0.397. The summed E-state index contributed by atoms with van der Waals surface area (Å²) in [5.41, 5.74) is 5.02. The molecule has 14 heavy (non-hydrogen) atoms. The van der Waals surface area contributed by atoms with Crippen LogP contribution in [0, 0.1) is 5.41 Å². The molecule has 0 nitrogen and oxygen atoms in total. The van der Waals surface area contributed by atoms with Crippen LogP contribution in [0.5, 0.6) is 0 Å². The first-order valence-corrected chi connectivity index (χ1v) is 5.32. The average molecular weight is 186 g/mol. The Hall–Kier alpha value is -1.04. The summed E-state index contributed by atoms with van der Waals surface area (Å²) in [4.78, 5) is 0. The summed E-state index contributed by atoms with van der Waals surface area (Å²) in [6.07, 6.45) is 2.47. The highest BCUT2D eigenvalue weighted by atomic mass is 14.3. The van der Waals surface area contributed by atoms with E-state index < -0.39 is 0 Å². The zero-order valence-electron chi connectivity index (χ0n) is 9.30. The SMILES string of the molecule is CC1=C(c2ccccc2)CC(C)(C)C1. The van der Waals surface area contributed by atoms with Gasteiger partial charge in [-0.05, 0) is 36.3 Å². The number of allylic oxidation sites excluding steroid dienone is 2. The fourth-order valence-electron chi connectivity index (χ4n) is 2.50. The van der Waals surface area contributed by atoms with Gasteiger partial charge in [-0.3, -0.25) is 0 Å². The molecule has 0 heteroatoms. The van der Waals surface area contributed by atoms with E-state index in [-0.39, 0.29) is 0 Å². The molecule has 1 aliphatic carbocycles. The molecule has 2 rings (SSSR count). The molecule has 0 radical (unpaired) electrons. The summed E-state index contributed by atoms with van der Waals surface area (Å²) >= 11 is 0. The monoisotopic (exact) mass is 186 g/mol. The zero-order valence-corrected chi connectivity index (χ0v) is 9.30. The Morgan fingerprint density at radius 3 is 2.14 bits per heavy atom. The molecule has 1 aromatic carbocycles. The lowest BCUT2D eigenvalue weighted by atomic mass is 9.88. The predicted octanol–water partition coefficient (Wildman–Crippen LogP) is 4.28. The molecule has 0 bridgehead atoms. The standard InChI is InChI=1S/C14H18/c1-11-9-14(2,3)10-13(11)12-7-5-4-6-8-12/h4-8H,9-10H2,1-3H3. The van der Waals surface area contributed by atoms with Crippen molar-refractivity contribution in [1.29, 1.82) is 0 Å². The van der Waals surface area contributed by atoms with Gasteiger partial charge in [0.2, 0.25) is 0 Å². The summed E-state index contributed by atoms with van der Waals surface area (Å²) in [6.45, 7) is 6.98. The quantitative estimate of drug-likeness (QED) is 0.614. The van der Waals surface area contributed by atoms with Crippen LogP contribution in [0.25, 0.3) is 5.57 Å². The number of rotatable bonds is 1. The number of benzene rings is 1. The lowest BCUT2D eigenvalue weighted by Crippen LogP contribution is -2.04. The molecular formula is C14H18. The van der Waals surface area contributed by atoms with Crippen molar-refractivity contribution in [3.05, 3.63) is 41.5 Å².